The molecule has 330 valence electrons. The lowest BCUT2D eigenvalue weighted by Crippen LogP contribution is -2.03. The predicted molar refractivity (Wildman–Crippen MR) is 256 cm³/mol. The summed E-state index contributed by atoms with van der Waals surface area (Å²) in [5.74, 6) is 0.922. The number of hydrogen-bond acceptors (Lipinski definition) is 1. The summed E-state index contributed by atoms with van der Waals surface area (Å²) in [6.07, 6.45) is 54.7. The third-order valence-electron chi connectivity index (χ3n) is 10.3. The van der Waals surface area contributed by atoms with Gasteiger partial charge in [0, 0.05) is 6.61 Å². The van der Waals surface area contributed by atoms with Crippen LogP contribution in [0.2, 0.25) is 0 Å². The normalized spacial score (nSPS) is 10.3. The summed E-state index contributed by atoms with van der Waals surface area (Å²) in [5.41, 5.74) is 1.55. The smallest absolute Gasteiger partial charge is 0.0428 e. The molecule has 1 nitrogen and oxygen atoms in total. The van der Waals surface area contributed by atoms with Gasteiger partial charge in [-0.2, -0.15) is 0 Å². The molecule has 0 aromatic rings. The molecule has 0 aromatic heterocycles. The summed E-state index contributed by atoms with van der Waals surface area (Å²) in [4.78, 5) is 0. The van der Waals surface area contributed by atoms with Gasteiger partial charge < -0.3 is 5.11 Å². The van der Waals surface area contributed by atoms with Crippen LogP contribution >= 0.6 is 0 Å². The molecular formula is C53H112O. The molecule has 0 fully saturated rings. The van der Waals surface area contributed by atoms with Crippen LogP contribution in [0, 0.1) is 5.92 Å². The molecule has 0 saturated carbocycles. The summed E-state index contributed by atoms with van der Waals surface area (Å²) in [7, 11) is 0. The maximum Gasteiger partial charge on any atom is 0.0428 e. The number of unbranched alkanes of at least 4 members (excludes halogenated alkanes) is 27. The van der Waals surface area contributed by atoms with Gasteiger partial charge in [0.25, 0.3) is 0 Å². The molecule has 0 saturated heterocycles. The molecule has 0 aliphatic rings. The molecule has 1 heteroatoms. The van der Waals surface area contributed by atoms with Crippen molar-refractivity contribution in [2.45, 2.75) is 306 Å². The van der Waals surface area contributed by atoms with Crippen molar-refractivity contribution in [1.29, 1.82) is 0 Å². The van der Waals surface area contributed by atoms with E-state index in [-0.39, 0.29) is 0 Å². The van der Waals surface area contributed by atoms with Crippen molar-refractivity contribution >= 4 is 0 Å². The summed E-state index contributed by atoms with van der Waals surface area (Å²) in [5, 5.41) is 7.88. The van der Waals surface area contributed by atoms with Crippen LogP contribution in [0.1, 0.15) is 306 Å². The zero-order chi connectivity index (χ0) is 41.4. The van der Waals surface area contributed by atoms with Crippen molar-refractivity contribution < 1.29 is 5.11 Å². The molecule has 0 amide bonds. The molecule has 0 unspecified atom stereocenters. The molecule has 0 rings (SSSR count). The quantitative estimate of drug-likeness (QED) is 0.0493. The van der Waals surface area contributed by atoms with Crippen LogP contribution in [-0.2, 0) is 0 Å². The van der Waals surface area contributed by atoms with E-state index < -0.39 is 0 Å². The van der Waals surface area contributed by atoms with Crippen molar-refractivity contribution in [2.24, 2.45) is 5.92 Å². The lowest BCUT2D eigenvalue weighted by Gasteiger charge is -2.18. The predicted octanol–water partition coefficient (Wildman–Crippen LogP) is 20.3. The van der Waals surface area contributed by atoms with Gasteiger partial charge in [0.1, 0.15) is 0 Å². The molecule has 0 aliphatic heterocycles. The SMILES string of the molecule is C=C(CCCCCCC)CC(CCCCCCCC)CCCCCCCC.C=CCCCCCC.CCCC.CCCCCCCCCCC.CCCO. The zero-order valence-electron chi connectivity index (χ0n) is 40.1. The highest BCUT2D eigenvalue weighted by molar-refractivity contribution is 4.95. The minimum Gasteiger partial charge on any atom is -0.396 e. The van der Waals surface area contributed by atoms with Gasteiger partial charge in [-0.05, 0) is 44.4 Å². The van der Waals surface area contributed by atoms with Crippen LogP contribution in [0.4, 0.5) is 0 Å². The van der Waals surface area contributed by atoms with Gasteiger partial charge in [0.2, 0.25) is 0 Å². The molecule has 0 spiro atoms. The molecule has 1 N–H and O–H groups in total. The van der Waals surface area contributed by atoms with E-state index in [9.17, 15) is 0 Å². The van der Waals surface area contributed by atoms with Crippen LogP contribution < -0.4 is 0 Å². The van der Waals surface area contributed by atoms with E-state index >= 15 is 0 Å². The van der Waals surface area contributed by atoms with Gasteiger partial charge in [0.05, 0.1) is 0 Å². The van der Waals surface area contributed by atoms with Crippen molar-refractivity contribution in [3.8, 4) is 0 Å². The zero-order valence-corrected chi connectivity index (χ0v) is 40.1. The Balaban J connectivity index is -0.000000240. The highest BCUT2D eigenvalue weighted by atomic mass is 16.2. The Labute approximate surface area is 347 Å². The first kappa shape index (κ1) is 62.6. The Bertz CT molecular complexity index is 548. The summed E-state index contributed by atoms with van der Waals surface area (Å²) in [6.45, 7) is 28.4. The van der Waals surface area contributed by atoms with E-state index in [4.69, 9.17) is 5.11 Å². The molecular weight excluding hydrogens is 653 g/mol. The first-order chi connectivity index (χ1) is 26.4. The third-order valence-corrected chi connectivity index (χ3v) is 10.3. The van der Waals surface area contributed by atoms with E-state index in [0.717, 1.165) is 12.3 Å². The second kappa shape index (κ2) is 67.2. The number of aliphatic hydroxyl groups is 1. The second-order valence-corrected chi connectivity index (χ2v) is 16.4. The van der Waals surface area contributed by atoms with Crippen LogP contribution in [0.15, 0.2) is 24.8 Å². The van der Waals surface area contributed by atoms with Crippen LogP contribution in [0.3, 0.4) is 0 Å². The van der Waals surface area contributed by atoms with E-state index in [1.54, 1.807) is 5.57 Å². The van der Waals surface area contributed by atoms with Crippen LogP contribution in [-0.4, -0.2) is 11.7 Å². The van der Waals surface area contributed by atoms with E-state index in [0.29, 0.717) is 6.61 Å². The lowest BCUT2D eigenvalue weighted by molar-refractivity contribution is 0.295. The monoisotopic (exact) mass is 765 g/mol. The standard InChI is InChI=1S/C27H54.C11H24.C8H16.C4H10.C3H8O/c1-5-8-11-14-17-20-23-27(24-21-18-15-12-9-6-2)25-26(4)22-19-16-13-10-7-3;1-3-5-7-9-11-10-8-6-4-2;1-3-5-7-8-6-4-2;1-3-4-2;1-2-3-4/h27H,4-25H2,1-3H3;3-11H2,1-2H3;3H,1,4-8H2,2H3;3-4H2,1-2H3;4H,2-3H2,1H3. The van der Waals surface area contributed by atoms with Gasteiger partial charge in [-0.15, -0.1) is 6.58 Å². The van der Waals surface area contributed by atoms with Gasteiger partial charge in [-0.3, -0.25) is 0 Å². The highest BCUT2D eigenvalue weighted by Gasteiger charge is 2.11. The summed E-state index contributed by atoms with van der Waals surface area (Å²) < 4.78 is 0. The fourth-order valence-corrected chi connectivity index (χ4v) is 6.36. The maximum absolute atomic E-state index is 7.88. The molecule has 0 radical (unpaired) electrons. The summed E-state index contributed by atoms with van der Waals surface area (Å²) in [6, 6.07) is 0. The Hall–Kier alpha value is -0.560. The third kappa shape index (κ3) is 76.2. The number of rotatable bonds is 37. The number of aliphatic hydroxyl groups excluding tert-OH is 1. The lowest BCUT2D eigenvalue weighted by atomic mass is 9.87. The number of allylic oxidation sites excluding steroid dienone is 2. The van der Waals surface area contributed by atoms with Crippen molar-refractivity contribution in [3.63, 3.8) is 0 Å². The molecule has 0 aliphatic carbocycles. The fourth-order valence-electron chi connectivity index (χ4n) is 6.36. The van der Waals surface area contributed by atoms with E-state index in [2.05, 4.69) is 68.5 Å². The van der Waals surface area contributed by atoms with Crippen molar-refractivity contribution in [2.75, 3.05) is 6.61 Å². The molecule has 0 aromatic carbocycles. The first-order valence-electron chi connectivity index (χ1n) is 25.3. The van der Waals surface area contributed by atoms with E-state index in [1.807, 2.05) is 13.0 Å². The first-order valence-corrected chi connectivity index (χ1v) is 25.3. The molecule has 0 heterocycles. The Kier molecular flexibility index (Phi) is 77.9. The Morgan fingerprint density at radius 1 is 0.389 bits per heavy atom. The van der Waals surface area contributed by atoms with Gasteiger partial charge in [0.15, 0.2) is 0 Å². The molecule has 0 atom stereocenters. The van der Waals surface area contributed by atoms with Gasteiger partial charge in [-0.25, -0.2) is 0 Å². The minimum atomic E-state index is 0.319. The topological polar surface area (TPSA) is 20.2 Å². The maximum atomic E-state index is 7.88. The largest absolute Gasteiger partial charge is 0.396 e. The summed E-state index contributed by atoms with van der Waals surface area (Å²) >= 11 is 0. The van der Waals surface area contributed by atoms with E-state index in [1.165, 1.54) is 238 Å². The van der Waals surface area contributed by atoms with Crippen LogP contribution in [0.25, 0.3) is 0 Å². The number of hydrogen-bond donors (Lipinski definition) is 1. The second-order valence-electron chi connectivity index (χ2n) is 16.4. The molecule has 54 heavy (non-hydrogen) atoms. The van der Waals surface area contributed by atoms with Crippen LogP contribution in [0.5, 0.6) is 0 Å². The Morgan fingerprint density at radius 2 is 0.667 bits per heavy atom. The average molecular weight is 765 g/mol. The van der Waals surface area contributed by atoms with Gasteiger partial charge in [-0.1, -0.05) is 286 Å². The molecule has 0 bridgehead atoms. The highest BCUT2D eigenvalue weighted by Crippen LogP contribution is 2.27. The fraction of sp³-hybridized carbons (Fsp3) is 0.925. The van der Waals surface area contributed by atoms with Crippen molar-refractivity contribution in [1.82, 2.24) is 0 Å². The average Bonchev–Trinajstić information content (AvgIpc) is 3.19. The van der Waals surface area contributed by atoms with Crippen molar-refractivity contribution in [3.05, 3.63) is 24.8 Å². The Morgan fingerprint density at radius 3 is 0.944 bits per heavy atom. The van der Waals surface area contributed by atoms with Gasteiger partial charge >= 0.3 is 0 Å². The minimum absolute atomic E-state index is 0.319.